The van der Waals surface area contributed by atoms with Gasteiger partial charge in [0.25, 0.3) is 6.43 Å². The Labute approximate surface area is 106 Å². The predicted molar refractivity (Wildman–Crippen MR) is 54.5 cm³/mol. The van der Waals surface area contributed by atoms with Crippen LogP contribution in [0.4, 0.5) is 22.0 Å². The average molecular weight is 369 g/mol. The maximum atomic E-state index is 12.4. The van der Waals surface area contributed by atoms with Crippen molar-refractivity contribution in [2.75, 3.05) is 0 Å². The number of aliphatic hydroxyl groups excluding tert-OH is 1. The molecule has 0 bridgehead atoms. The van der Waals surface area contributed by atoms with Crippen molar-refractivity contribution in [2.45, 2.75) is 19.4 Å². The summed E-state index contributed by atoms with van der Waals surface area (Å²) in [6, 6.07) is 0.968. The second kappa shape index (κ2) is 5.29. The Kier molecular flexibility index (Phi) is 4.47. The van der Waals surface area contributed by atoms with Gasteiger partial charge in [-0.1, -0.05) is 0 Å². The minimum Gasteiger partial charge on any atom is -0.392 e. The van der Waals surface area contributed by atoms with Gasteiger partial charge in [-0.15, -0.1) is 13.2 Å². The minimum absolute atomic E-state index is 0.117. The molecular weight excluding hydrogens is 364 g/mol. The van der Waals surface area contributed by atoms with Crippen molar-refractivity contribution in [3.63, 3.8) is 0 Å². The molecule has 0 spiro atoms. The van der Waals surface area contributed by atoms with Crippen molar-refractivity contribution >= 4 is 22.6 Å². The second-order valence-electron chi connectivity index (χ2n) is 2.83. The topological polar surface area (TPSA) is 42.4 Å². The van der Waals surface area contributed by atoms with Crippen molar-refractivity contribution in [3.8, 4) is 5.88 Å². The molecule has 17 heavy (non-hydrogen) atoms. The number of nitrogens with zero attached hydrogens (tertiary/aromatic N) is 1. The lowest BCUT2D eigenvalue weighted by atomic mass is 10.2. The molecule has 0 unspecified atom stereocenters. The molecule has 3 nitrogen and oxygen atoms in total. The zero-order valence-corrected chi connectivity index (χ0v) is 10.1. The molecule has 96 valence electrons. The number of hydrogen-bond donors (Lipinski definition) is 1. The summed E-state index contributed by atoms with van der Waals surface area (Å²) in [4.78, 5) is 3.07. The largest absolute Gasteiger partial charge is 0.574 e. The van der Waals surface area contributed by atoms with E-state index >= 15 is 0 Å². The zero-order valence-electron chi connectivity index (χ0n) is 7.93. The standard InChI is InChI=1S/C8H5F5INO2/c9-6(10)5-3(2-16)1-4(14)7(15-5)17-8(11,12)13/h1,6,16H,2H2. The number of halogens is 6. The minimum atomic E-state index is -5.01. The van der Waals surface area contributed by atoms with Crippen LogP contribution in [0.5, 0.6) is 5.88 Å². The Balaban J connectivity index is 3.20. The number of pyridine rings is 1. The van der Waals surface area contributed by atoms with E-state index in [1.165, 1.54) is 22.6 Å². The zero-order chi connectivity index (χ0) is 13.2. The van der Waals surface area contributed by atoms with Crippen molar-refractivity contribution in [1.29, 1.82) is 0 Å². The van der Waals surface area contributed by atoms with E-state index in [4.69, 9.17) is 5.11 Å². The molecule has 1 rings (SSSR count). The number of ether oxygens (including phenoxy) is 1. The average Bonchev–Trinajstić information content (AvgIpc) is 2.18. The molecule has 0 atom stereocenters. The van der Waals surface area contributed by atoms with E-state index in [9.17, 15) is 22.0 Å². The fourth-order valence-corrected chi connectivity index (χ4v) is 1.63. The van der Waals surface area contributed by atoms with Crippen LogP contribution >= 0.6 is 22.6 Å². The third-order valence-corrected chi connectivity index (χ3v) is 2.42. The van der Waals surface area contributed by atoms with Crippen LogP contribution < -0.4 is 4.74 Å². The van der Waals surface area contributed by atoms with E-state index < -0.39 is 31.0 Å². The quantitative estimate of drug-likeness (QED) is 0.658. The first-order valence-electron chi connectivity index (χ1n) is 4.08. The summed E-state index contributed by atoms with van der Waals surface area (Å²) in [7, 11) is 0. The molecule has 1 aromatic rings. The second-order valence-corrected chi connectivity index (χ2v) is 3.99. The summed E-state index contributed by atoms with van der Waals surface area (Å²) in [5.74, 6) is -0.953. The van der Waals surface area contributed by atoms with Gasteiger partial charge < -0.3 is 9.84 Å². The van der Waals surface area contributed by atoms with E-state index in [0.717, 1.165) is 6.07 Å². The molecule has 0 fully saturated rings. The monoisotopic (exact) mass is 369 g/mol. The van der Waals surface area contributed by atoms with E-state index in [-0.39, 0.29) is 9.13 Å². The molecule has 0 saturated carbocycles. The van der Waals surface area contributed by atoms with Gasteiger partial charge >= 0.3 is 6.36 Å². The Morgan fingerprint density at radius 1 is 1.41 bits per heavy atom. The Morgan fingerprint density at radius 2 is 2.00 bits per heavy atom. The van der Waals surface area contributed by atoms with Crippen LogP contribution in [0.25, 0.3) is 0 Å². The molecule has 0 aliphatic rings. The van der Waals surface area contributed by atoms with Crippen LogP contribution in [-0.2, 0) is 6.61 Å². The maximum Gasteiger partial charge on any atom is 0.574 e. The molecule has 9 heteroatoms. The summed E-state index contributed by atoms with van der Waals surface area (Å²) < 4.78 is 64.1. The highest BCUT2D eigenvalue weighted by Gasteiger charge is 2.33. The van der Waals surface area contributed by atoms with Crippen LogP contribution in [-0.4, -0.2) is 16.5 Å². The third kappa shape index (κ3) is 3.91. The first kappa shape index (κ1) is 14.4. The summed E-state index contributed by atoms with van der Waals surface area (Å²) in [5, 5.41) is 8.78. The molecule has 0 aromatic carbocycles. The highest BCUT2D eigenvalue weighted by molar-refractivity contribution is 14.1. The summed E-state index contributed by atoms with van der Waals surface area (Å²) in [6.07, 6.45) is -8.10. The Morgan fingerprint density at radius 3 is 2.41 bits per heavy atom. The summed E-state index contributed by atoms with van der Waals surface area (Å²) in [5.41, 5.74) is -1.16. The number of alkyl halides is 5. The van der Waals surface area contributed by atoms with Gasteiger partial charge in [-0.2, -0.15) is 0 Å². The number of rotatable bonds is 3. The van der Waals surface area contributed by atoms with E-state index in [0.29, 0.717) is 0 Å². The van der Waals surface area contributed by atoms with E-state index in [1.807, 2.05) is 0 Å². The van der Waals surface area contributed by atoms with Gasteiger partial charge in [0.2, 0.25) is 5.88 Å². The maximum absolute atomic E-state index is 12.4. The van der Waals surface area contributed by atoms with Gasteiger partial charge in [0.05, 0.1) is 10.2 Å². The number of aromatic nitrogens is 1. The molecule has 1 heterocycles. The first-order valence-corrected chi connectivity index (χ1v) is 5.16. The smallest absolute Gasteiger partial charge is 0.392 e. The van der Waals surface area contributed by atoms with Crippen LogP contribution in [0.1, 0.15) is 17.7 Å². The van der Waals surface area contributed by atoms with Gasteiger partial charge in [-0.3, -0.25) is 0 Å². The predicted octanol–water partition coefficient (Wildman–Crippen LogP) is 3.01. The SMILES string of the molecule is OCc1cc(I)c(OC(F)(F)F)nc1C(F)F. The lowest BCUT2D eigenvalue weighted by Gasteiger charge is -2.13. The van der Waals surface area contributed by atoms with Crippen molar-refractivity contribution < 1.29 is 31.8 Å². The van der Waals surface area contributed by atoms with Crippen LogP contribution in [0.2, 0.25) is 0 Å². The normalized spacial score (nSPS) is 12.0. The summed E-state index contributed by atoms with van der Waals surface area (Å²) in [6.45, 7) is -0.741. The van der Waals surface area contributed by atoms with Gasteiger partial charge in [0.1, 0.15) is 5.69 Å². The molecule has 0 radical (unpaired) electrons. The third-order valence-electron chi connectivity index (χ3n) is 1.65. The van der Waals surface area contributed by atoms with Crippen molar-refractivity contribution in [1.82, 2.24) is 4.98 Å². The highest BCUT2D eigenvalue weighted by atomic mass is 127. The fourth-order valence-electron chi connectivity index (χ4n) is 1.02. The lowest BCUT2D eigenvalue weighted by Crippen LogP contribution is -2.19. The molecule has 0 aliphatic carbocycles. The molecule has 1 N–H and O–H groups in total. The van der Waals surface area contributed by atoms with Crippen LogP contribution in [0.3, 0.4) is 0 Å². The van der Waals surface area contributed by atoms with E-state index in [2.05, 4.69) is 9.72 Å². The summed E-state index contributed by atoms with van der Waals surface area (Å²) >= 11 is 1.45. The molecule has 0 amide bonds. The van der Waals surface area contributed by atoms with Gasteiger partial charge in [0.15, 0.2) is 0 Å². The van der Waals surface area contributed by atoms with Gasteiger partial charge in [0, 0.05) is 5.56 Å². The number of aliphatic hydroxyl groups is 1. The van der Waals surface area contributed by atoms with E-state index in [1.54, 1.807) is 0 Å². The fraction of sp³-hybridized carbons (Fsp3) is 0.375. The van der Waals surface area contributed by atoms with Crippen LogP contribution in [0, 0.1) is 3.57 Å². The molecule has 1 aromatic heterocycles. The van der Waals surface area contributed by atoms with Crippen molar-refractivity contribution in [3.05, 3.63) is 20.9 Å². The first-order chi connectivity index (χ1) is 7.74. The highest BCUT2D eigenvalue weighted by Crippen LogP contribution is 2.31. The molecule has 0 saturated heterocycles. The van der Waals surface area contributed by atoms with Crippen LogP contribution in [0.15, 0.2) is 6.07 Å². The Hall–Kier alpha value is -0.710. The molecule has 0 aliphatic heterocycles. The molecular formula is C8H5F5INO2. The Bertz CT molecular complexity index is 410. The van der Waals surface area contributed by atoms with Gasteiger partial charge in [-0.05, 0) is 28.7 Å². The van der Waals surface area contributed by atoms with Crippen molar-refractivity contribution in [2.24, 2.45) is 0 Å². The van der Waals surface area contributed by atoms with Gasteiger partial charge in [-0.25, -0.2) is 13.8 Å². The lowest BCUT2D eigenvalue weighted by molar-refractivity contribution is -0.276. The number of hydrogen-bond acceptors (Lipinski definition) is 3.